The van der Waals surface area contributed by atoms with Gasteiger partial charge in [0.2, 0.25) is 5.91 Å². The van der Waals surface area contributed by atoms with Gasteiger partial charge in [0.25, 0.3) is 5.91 Å². The van der Waals surface area contributed by atoms with Crippen molar-refractivity contribution in [2.24, 2.45) is 0 Å². The Kier molecular flexibility index (Phi) is 8.51. The normalized spacial score (nSPS) is 18.3. The van der Waals surface area contributed by atoms with Crippen molar-refractivity contribution in [3.63, 3.8) is 0 Å². The quantitative estimate of drug-likeness (QED) is 0.491. The van der Waals surface area contributed by atoms with Crippen LogP contribution < -0.4 is 0 Å². The number of halogens is 2. The van der Waals surface area contributed by atoms with Gasteiger partial charge >= 0.3 is 0 Å². The molecule has 5 nitrogen and oxygen atoms in total. The lowest BCUT2D eigenvalue weighted by Crippen LogP contribution is -2.45. The predicted octanol–water partition coefficient (Wildman–Crippen LogP) is 5.33. The highest BCUT2D eigenvalue weighted by molar-refractivity contribution is 6.42. The number of amides is 2. The minimum Gasteiger partial charge on any atom is -0.341 e. The van der Waals surface area contributed by atoms with Crippen LogP contribution in [0.5, 0.6) is 0 Å². The number of carbonyl (C=O) groups excluding carboxylic acids is 2. The van der Waals surface area contributed by atoms with Crippen LogP contribution in [0.15, 0.2) is 48.5 Å². The first-order valence-corrected chi connectivity index (χ1v) is 12.9. The molecule has 2 aromatic carbocycles. The van der Waals surface area contributed by atoms with Gasteiger partial charge in [-0.05, 0) is 62.1 Å². The molecule has 2 saturated heterocycles. The zero-order chi connectivity index (χ0) is 24.1. The smallest absolute Gasteiger partial charge is 0.253 e. The van der Waals surface area contributed by atoms with E-state index < -0.39 is 0 Å². The first kappa shape index (κ1) is 25.0. The van der Waals surface area contributed by atoms with Crippen LogP contribution in [0, 0.1) is 0 Å². The Bertz CT molecular complexity index is 993. The number of piperidine rings is 1. The van der Waals surface area contributed by atoms with Gasteiger partial charge in [-0.15, -0.1) is 0 Å². The summed E-state index contributed by atoms with van der Waals surface area (Å²) >= 11 is 12.5. The molecule has 2 aliphatic rings. The van der Waals surface area contributed by atoms with E-state index in [2.05, 4.69) is 9.80 Å². The van der Waals surface area contributed by atoms with E-state index in [9.17, 15) is 9.59 Å². The fraction of sp³-hybridized carbons (Fsp3) is 0.481. The summed E-state index contributed by atoms with van der Waals surface area (Å²) in [4.78, 5) is 31.4. The molecule has 0 aliphatic carbocycles. The molecule has 0 bridgehead atoms. The summed E-state index contributed by atoms with van der Waals surface area (Å²) in [5.74, 6) is 0.483. The number of hydrogen-bond donors (Lipinski definition) is 0. The van der Waals surface area contributed by atoms with E-state index in [1.807, 2.05) is 55.6 Å². The molecule has 0 radical (unpaired) electrons. The van der Waals surface area contributed by atoms with E-state index in [0.717, 1.165) is 57.4 Å². The molecule has 0 aromatic heterocycles. The van der Waals surface area contributed by atoms with Crippen LogP contribution in [0.25, 0.3) is 0 Å². The molecular weight excluding hydrogens is 469 g/mol. The molecule has 2 aliphatic heterocycles. The van der Waals surface area contributed by atoms with Crippen LogP contribution in [0.1, 0.15) is 53.9 Å². The molecule has 2 heterocycles. The zero-order valence-electron chi connectivity index (χ0n) is 19.8. The minimum atomic E-state index is 0.0155. The number of hydrogen-bond acceptors (Lipinski definition) is 3. The van der Waals surface area contributed by atoms with Crippen LogP contribution in [0.4, 0.5) is 0 Å². The number of likely N-dealkylation sites (N-methyl/N-ethyl adjacent to an activating group) is 1. The Balaban J connectivity index is 1.39. The van der Waals surface area contributed by atoms with Crippen molar-refractivity contribution >= 4 is 35.0 Å². The van der Waals surface area contributed by atoms with Crippen LogP contribution in [-0.2, 0) is 4.79 Å². The lowest BCUT2D eigenvalue weighted by atomic mass is 9.94. The Morgan fingerprint density at radius 3 is 2.44 bits per heavy atom. The Morgan fingerprint density at radius 2 is 1.79 bits per heavy atom. The summed E-state index contributed by atoms with van der Waals surface area (Å²) in [7, 11) is 1.86. The molecule has 2 aromatic rings. The highest BCUT2D eigenvalue weighted by Crippen LogP contribution is 2.30. The minimum absolute atomic E-state index is 0.0155. The third-order valence-electron chi connectivity index (χ3n) is 7.18. The summed E-state index contributed by atoms with van der Waals surface area (Å²) in [5.41, 5.74) is 1.79. The van der Waals surface area contributed by atoms with E-state index in [0.29, 0.717) is 40.5 Å². The summed E-state index contributed by atoms with van der Waals surface area (Å²) < 4.78 is 0. The largest absolute Gasteiger partial charge is 0.341 e. The monoisotopic (exact) mass is 501 g/mol. The number of carbonyl (C=O) groups is 2. The van der Waals surface area contributed by atoms with Gasteiger partial charge in [-0.25, -0.2) is 0 Å². The molecule has 7 heteroatoms. The third-order valence-corrected chi connectivity index (χ3v) is 7.92. The van der Waals surface area contributed by atoms with Crippen LogP contribution in [-0.4, -0.2) is 72.3 Å². The first-order chi connectivity index (χ1) is 16.4. The molecule has 182 valence electrons. The average Bonchev–Trinajstić information content (AvgIpc) is 3.29. The van der Waals surface area contributed by atoms with Gasteiger partial charge in [-0.1, -0.05) is 47.5 Å². The van der Waals surface area contributed by atoms with Gasteiger partial charge < -0.3 is 14.7 Å². The molecular formula is C27H33Cl2N3O2. The van der Waals surface area contributed by atoms with Crippen molar-refractivity contribution in [3.05, 3.63) is 69.7 Å². The van der Waals surface area contributed by atoms with E-state index >= 15 is 0 Å². The maximum atomic E-state index is 13.0. The maximum Gasteiger partial charge on any atom is 0.253 e. The van der Waals surface area contributed by atoms with Crippen LogP contribution >= 0.6 is 23.2 Å². The van der Waals surface area contributed by atoms with E-state index in [4.69, 9.17) is 23.2 Å². The van der Waals surface area contributed by atoms with Gasteiger partial charge in [-0.3, -0.25) is 9.59 Å². The van der Waals surface area contributed by atoms with Gasteiger partial charge in [0, 0.05) is 57.2 Å². The van der Waals surface area contributed by atoms with Gasteiger partial charge in [0.15, 0.2) is 0 Å². The summed E-state index contributed by atoms with van der Waals surface area (Å²) in [5, 5.41) is 1.08. The van der Waals surface area contributed by atoms with E-state index in [-0.39, 0.29) is 11.8 Å². The highest BCUT2D eigenvalue weighted by atomic mass is 35.5. The van der Waals surface area contributed by atoms with Crippen LogP contribution in [0.2, 0.25) is 10.0 Å². The summed E-state index contributed by atoms with van der Waals surface area (Å²) in [6.07, 6.45) is 4.70. The SMILES string of the molecule is CN(CC(CCN1CCC(N2CCCC2=O)CC1)c1ccc(Cl)c(Cl)c1)C(=O)c1ccccc1. The number of benzene rings is 2. The lowest BCUT2D eigenvalue weighted by molar-refractivity contribution is -0.130. The fourth-order valence-corrected chi connectivity index (χ4v) is 5.50. The summed E-state index contributed by atoms with van der Waals surface area (Å²) in [6.45, 7) is 4.47. The molecule has 1 unspecified atom stereocenters. The van der Waals surface area contributed by atoms with Crippen molar-refractivity contribution in [1.29, 1.82) is 0 Å². The van der Waals surface area contributed by atoms with E-state index in [1.165, 1.54) is 0 Å². The van der Waals surface area contributed by atoms with Crippen molar-refractivity contribution < 1.29 is 9.59 Å². The first-order valence-electron chi connectivity index (χ1n) is 12.2. The Labute approximate surface area is 212 Å². The zero-order valence-corrected chi connectivity index (χ0v) is 21.3. The second-order valence-corrected chi connectivity index (χ2v) is 10.3. The number of nitrogens with zero attached hydrogens (tertiary/aromatic N) is 3. The number of likely N-dealkylation sites (tertiary alicyclic amines) is 2. The van der Waals surface area contributed by atoms with Crippen molar-refractivity contribution in [2.45, 2.75) is 44.1 Å². The van der Waals surface area contributed by atoms with Gasteiger partial charge in [0.1, 0.15) is 0 Å². The van der Waals surface area contributed by atoms with Gasteiger partial charge in [-0.2, -0.15) is 0 Å². The van der Waals surface area contributed by atoms with Crippen LogP contribution in [0.3, 0.4) is 0 Å². The molecule has 0 saturated carbocycles. The third kappa shape index (κ3) is 6.12. The maximum absolute atomic E-state index is 13.0. The fourth-order valence-electron chi connectivity index (χ4n) is 5.19. The molecule has 4 rings (SSSR count). The molecule has 0 spiro atoms. The molecule has 2 amide bonds. The Morgan fingerprint density at radius 1 is 1.06 bits per heavy atom. The second-order valence-electron chi connectivity index (χ2n) is 9.47. The molecule has 0 N–H and O–H groups in total. The van der Waals surface area contributed by atoms with Gasteiger partial charge in [0.05, 0.1) is 10.0 Å². The molecule has 34 heavy (non-hydrogen) atoms. The highest BCUT2D eigenvalue weighted by Gasteiger charge is 2.31. The summed E-state index contributed by atoms with van der Waals surface area (Å²) in [6, 6.07) is 15.6. The molecule has 2 fully saturated rings. The lowest BCUT2D eigenvalue weighted by Gasteiger charge is -2.37. The second kappa shape index (κ2) is 11.6. The average molecular weight is 502 g/mol. The van der Waals surface area contributed by atoms with Crippen molar-refractivity contribution in [3.8, 4) is 0 Å². The van der Waals surface area contributed by atoms with E-state index in [1.54, 1.807) is 4.90 Å². The van der Waals surface area contributed by atoms with Crippen molar-refractivity contribution in [1.82, 2.24) is 14.7 Å². The standard InChI is InChI=1S/C27H33Cl2N3O2/c1-30(27(34)20-6-3-2-4-7-20)19-22(21-9-10-24(28)25(29)18-21)11-15-31-16-12-23(13-17-31)32-14-5-8-26(32)33/h2-4,6-7,9-10,18,22-23H,5,8,11-17,19H2,1H3. The predicted molar refractivity (Wildman–Crippen MR) is 138 cm³/mol. The topological polar surface area (TPSA) is 43.9 Å². The molecule has 1 atom stereocenters. The van der Waals surface area contributed by atoms with Crippen molar-refractivity contribution in [2.75, 3.05) is 39.8 Å². The number of rotatable bonds is 8. The Hall–Kier alpha value is -2.08.